The van der Waals surface area contributed by atoms with Crippen molar-refractivity contribution in [3.8, 4) is 0 Å². The van der Waals surface area contributed by atoms with Gasteiger partial charge < -0.3 is 15.1 Å². The van der Waals surface area contributed by atoms with Crippen molar-refractivity contribution in [2.75, 3.05) is 0 Å². The second-order valence-corrected chi connectivity index (χ2v) is 7.40. The SMILES string of the molecule is N[C@@H](Cc1c[nH]c2ccccc12)c1nnc(SCc2c(F)cccc2Cl)o1. The molecular weight excluding hydrogens is 387 g/mol. The quantitative estimate of drug-likeness (QED) is 0.449. The van der Waals surface area contributed by atoms with Crippen molar-refractivity contribution in [3.05, 3.63) is 76.5 Å². The van der Waals surface area contributed by atoms with Gasteiger partial charge in [0.15, 0.2) is 0 Å². The number of halogens is 2. The van der Waals surface area contributed by atoms with Crippen LogP contribution in [0, 0.1) is 5.82 Å². The Balaban J connectivity index is 1.44. The first-order valence-electron chi connectivity index (χ1n) is 8.31. The Morgan fingerprint density at radius 2 is 2.04 bits per heavy atom. The zero-order chi connectivity index (χ0) is 18.8. The van der Waals surface area contributed by atoms with Crippen LogP contribution in [0.3, 0.4) is 0 Å². The molecule has 3 N–H and O–H groups in total. The minimum absolute atomic E-state index is 0.296. The van der Waals surface area contributed by atoms with Crippen molar-refractivity contribution in [3.63, 3.8) is 0 Å². The fourth-order valence-electron chi connectivity index (χ4n) is 2.86. The summed E-state index contributed by atoms with van der Waals surface area (Å²) in [5, 5.41) is 9.86. The maximum atomic E-state index is 13.8. The number of aromatic nitrogens is 3. The van der Waals surface area contributed by atoms with Crippen LogP contribution < -0.4 is 5.73 Å². The van der Waals surface area contributed by atoms with Crippen LogP contribution in [0.15, 0.2) is 58.3 Å². The Hall–Kier alpha value is -2.35. The number of para-hydroxylation sites is 1. The summed E-state index contributed by atoms with van der Waals surface area (Å²) in [4.78, 5) is 3.22. The third-order valence-electron chi connectivity index (χ3n) is 4.26. The van der Waals surface area contributed by atoms with Crippen molar-refractivity contribution in [1.82, 2.24) is 15.2 Å². The molecule has 0 spiro atoms. The first-order valence-corrected chi connectivity index (χ1v) is 9.68. The molecule has 8 heteroatoms. The number of nitrogens with one attached hydrogen (secondary N) is 1. The van der Waals surface area contributed by atoms with E-state index in [1.54, 1.807) is 12.1 Å². The Bertz CT molecular complexity index is 1060. The molecule has 0 fully saturated rings. The number of aromatic amines is 1. The fraction of sp³-hybridized carbons (Fsp3) is 0.158. The lowest BCUT2D eigenvalue weighted by Crippen LogP contribution is -2.13. The normalized spacial score (nSPS) is 12.6. The molecule has 0 bridgehead atoms. The lowest BCUT2D eigenvalue weighted by Gasteiger charge is -2.06. The second-order valence-electron chi connectivity index (χ2n) is 6.07. The molecule has 0 aliphatic carbocycles. The van der Waals surface area contributed by atoms with E-state index in [9.17, 15) is 4.39 Å². The molecule has 0 aliphatic heterocycles. The molecule has 0 saturated carbocycles. The highest BCUT2D eigenvalue weighted by Gasteiger charge is 2.18. The van der Waals surface area contributed by atoms with Gasteiger partial charge >= 0.3 is 0 Å². The van der Waals surface area contributed by atoms with Gasteiger partial charge in [-0.25, -0.2) is 4.39 Å². The molecule has 0 radical (unpaired) electrons. The summed E-state index contributed by atoms with van der Waals surface area (Å²) in [6, 6.07) is 12.2. The number of rotatable bonds is 6. The largest absolute Gasteiger partial charge is 0.414 e. The van der Waals surface area contributed by atoms with Crippen molar-refractivity contribution >= 4 is 34.3 Å². The maximum Gasteiger partial charge on any atom is 0.276 e. The highest BCUT2D eigenvalue weighted by molar-refractivity contribution is 7.98. The van der Waals surface area contributed by atoms with Gasteiger partial charge in [0.25, 0.3) is 5.22 Å². The van der Waals surface area contributed by atoms with Crippen LogP contribution in [0.4, 0.5) is 4.39 Å². The van der Waals surface area contributed by atoms with Gasteiger partial charge in [-0.05, 0) is 30.2 Å². The molecule has 4 aromatic rings. The van der Waals surface area contributed by atoms with E-state index >= 15 is 0 Å². The van der Waals surface area contributed by atoms with Gasteiger partial charge in [-0.3, -0.25) is 0 Å². The lowest BCUT2D eigenvalue weighted by atomic mass is 10.1. The second kappa shape index (κ2) is 7.72. The Morgan fingerprint density at radius 1 is 1.19 bits per heavy atom. The predicted octanol–water partition coefficient (Wildman–Crippen LogP) is 4.88. The molecule has 0 unspecified atom stereocenters. The molecule has 0 aliphatic rings. The molecule has 2 aromatic heterocycles. The Labute approximate surface area is 164 Å². The zero-order valence-corrected chi connectivity index (χ0v) is 15.7. The zero-order valence-electron chi connectivity index (χ0n) is 14.2. The van der Waals surface area contributed by atoms with Gasteiger partial charge in [-0.1, -0.05) is 47.6 Å². The standard InChI is InChI=1S/C19H16ClFN4OS/c20-14-5-3-6-15(21)13(14)10-27-19-25-24-18(26-19)16(22)8-11-9-23-17-7-2-1-4-12(11)17/h1-7,9,16,23H,8,10,22H2/t16-/m0/s1. The number of nitrogens with zero attached hydrogens (tertiary/aromatic N) is 2. The summed E-state index contributed by atoms with van der Waals surface area (Å²) in [6.45, 7) is 0. The Morgan fingerprint density at radius 3 is 2.89 bits per heavy atom. The summed E-state index contributed by atoms with van der Waals surface area (Å²) < 4.78 is 19.5. The highest BCUT2D eigenvalue weighted by Crippen LogP contribution is 2.29. The third kappa shape index (κ3) is 3.85. The molecular formula is C19H16ClFN4OS. The van der Waals surface area contributed by atoms with Crippen LogP contribution in [-0.4, -0.2) is 15.2 Å². The van der Waals surface area contributed by atoms with E-state index in [2.05, 4.69) is 15.2 Å². The van der Waals surface area contributed by atoms with Crippen LogP contribution in [-0.2, 0) is 12.2 Å². The van der Waals surface area contributed by atoms with E-state index in [0.717, 1.165) is 16.5 Å². The van der Waals surface area contributed by atoms with E-state index in [-0.39, 0.29) is 5.82 Å². The number of thioether (sulfide) groups is 1. The average molecular weight is 403 g/mol. The van der Waals surface area contributed by atoms with E-state index in [1.807, 2.05) is 30.5 Å². The number of H-pyrrole nitrogens is 1. The monoisotopic (exact) mass is 402 g/mol. The van der Waals surface area contributed by atoms with Gasteiger partial charge in [0.1, 0.15) is 5.82 Å². The smallest absolute Gasteiger partial charge is 0.276 e. The third-order valence-corrected chi connectivity index (χ3v) is 5.45. The van der Waals surface area contributed by atoms with Crippen molar-refractivity contribution in [1.29, 1.82) is 0 Å². The number of hydrogen-bond donors (Lipinski definition) is 2. The van der Waals surface area contributed by atoms with Crippen LogP contribution in [0.2, 0.25) is 5.02 Å². The van der Waals surface area contributed by atoms with Crippen molar-refractivity contribution in [2.24, 2.45) is 5.73 Å². The van der Waals surface area contributed by atoms with Crippen LogP contribution in [0.25, 0.3) is 10.9 Å². The number of fused-ring (bicyclic) bond motifs is 1. The molecule has 5 nitrogen and oxygen atoms in total. The minimum atomic E-state index is -0.428. The van der Waals surface area contributed by atoms with Gasteiger partial charge in [-0.15, -0.1) is 10.2 Å². The van der Waals surface area contributed by atoms with E-state index in [0.29, 0.717) is 33.9 Å². The number of nitrogens with two attached hydrogens (primary N) is 1. The molecule has 4 rings (SSSR count). The molecule has 0 amide bonds. The topological polar surface area (TPSA) is 80.7 Å². The predicted molar refractivity (Wildman–Crippen MR) is 104 cm³/mol. The molecule has 27 heavy (non-hydrogen) atoms. The molecule has 138 valence electrons. The van der Waals surface area contributed by atoms with E-state index in [4.69, 9.17) is 21.8 Å². The fourth-order valence-corrected chi connectivity index (χ4v) is 3.97. The highest BCUT2D eigenvalue weighted by atomic mass is 35.5. The van der Waals surface area contributed by atoms with Crippen molar-refractivity contribution < 1.29 is 8.81 Å². The molecule has 2 heterocycles. The maximum absolute atomic E-state index is 13.8. The number of hydrogen-bond acceptors (Lipinski definition) is 5. The van der Waals surface area contributed by atoms with E-state index < -0.39 is 6.04 Å². The molecule has 2 aromatic carbocycles. The Kier molecular flexibility index (Phi) is 5.15. The lowest BCUT2D eigenvalue weighted by molar-refractivity contribution is 0.385. The minimum Gasteiger partial charge on any atom is -0.414 e. The summed E-state index contributed by atoms with van der Waals surface area (Å²) in [7, 11) is 0. The van der Waals surface area contributed by atoms with Gasteiger partial charge in [0.2, 0.25) is 5.89 Å². The van der Waals surface area contributed by atoms with Crippen LogP contribution >= 0.6 is 23.4 Å². The van der Waals surface area contributed by atoms with Gasteiger partial charge in [0.05, 0.1) is 6.04 Å². The summed E-state index contributed by atoms with van der Waals surface area (Å²) >= 11 is 7.26. The van der Waals surface area contributed by atoms with Crippen LogP contribution in [0.1, 0.15) is 23.1 Å². The van der Waals surface area contributed by atoms with Crippen LogP contribution in [0.5, 0.6) is 0 Å². The first kappa shape index (κ1) is 18.0. The summed E-state index contributed by atoms with van der Waals surface area (Å²) in [5.41, 5.74) is 8.80. The molecule has 1 atom stereocenters. The summed E-state index contributed by atoms with van der Waals surface area (Å²) in [5.74, 6) is 0.290. The van der Waals surface area contributed by atoms with Gasteiger partial charge in [-0.2, -0.15) is 0 Å². The van der Waals surface area contributed by atoms with Gasteiger partial charge in [0, 0.05) is 33.4 Å². The van der Waals surface area contributed by atoms with E-state index in [1.165, 1.54) is 17.8 Å². The average Bonchev–Trinajstić information content (AvgIpc) is 3.29. The van der Waals surface area contributed by atoms with Crippen molar-refractivity contribution in [2.45, 2.75) is 23.4 Å². The number of benzene rings is 2. The molecule has 0 saturated heterocycles. The summed E-state index contributed by atoms with van der Waals surface area (Å²) in [6.07, 6.45) is 2.51. The first-order chi connectivity index (χ1) is 13.1.